The summed E-state index contributed by atoms with van der Waals surface area (Å²) >= 11 is 0. The van der Waals surface area contributed by atoms with Crippen LogP contribution in [0.4, 0.5) is 16.2 Å². The summed E-state index contributed by atoms with van der Waals surface area (Å²) in [4.78, 5) is 26.8. The quantitative estimate of drug-likeness (QED) is 0.663. The summed E-state index contributed by atoms with van der Waals surface area (Å²) in [5, 5.41) is 5.62. The smallest absolute Gasteiger partial charge is 0.319 e. The summed E-state index contributed by atoms with van der Waals surface area (Å²) in [7, 11) is 1.72. The number of ether oxygens (including phenoxy) is 1. The fourth-order valence-electron chi connectivity index (χ4n) is 3.39. The van der Waals surface area contributed by atoms with Gasteiger partial charge in [-0.05, 0) is 54.8 Å². The molecule has 0 saturated heterocycles. The molecule has 1 aliphatic rings. The van der Waals surface area contributed by atoms with Gasteiger partial charge >= 0.3 is 6.03 Å². The highest BCUT2D eigenvalue weighted by Gasteiger charge is 2.26. The molecule has 1 aliphatic heterocycles. The molecule has 4 rings (SSSR count). The van der Waals surface area contributed by atoms with Crippen molar-refractivity contribution in [1.82, 2.24) is 5.32 Å². The molecule has 0 fully saturated rings. The molecule has 6 nitrogen and oxygen atoms in total. The number of nitrogens with zero attached hydrogens (tertiary/aromatic N) is 1. The second kappa shape index (κ2) is 8.29. The topological polar surface area (TPSA) is 70.7 Å². The maximum atomic E-state index is 13.0. The molecule has 0 aliphatic carbocycles. The first-order valence-corrected chi connectivity index (χ1v) is 9.80. The van der Waals surface area contributed by atoms with Gasteiger partial charge in [0.25, 0.3) is 5.91 Å². The minimum atomic E-state index is -0.319. The maximum Gasteiger partial charge on any atom is 0.319 e. The Morgan fingerprint density at radius 3 is 2.57 bits per heavy atom. The van der Waals surface area contributed by atoms with Crippen LogP contribution in [0.2, 0.25) is 0 Å². The van der Waals surface area contributed by atoms with Crippen molar-refractivity contribution in [3.63, 3.8) is 0 Å². The Morgan fingerprint density at radius 2 is 1.77 bits per heavy atom. The van der Waals surface area contributed by atoms with Crippen LogP contribution in [0.3, 0.4) is 0 Å². The average molecular weight is 401 g/mol. The molecule has 0 saturated carbocycles. The van der Waals surface area contributed by atoms with Gasteiger partial charge in [0.2, 0.25) is 0 Å². The van der Waals surface area contributed by atoms with Crippen molar-refractivity contribution >= 4 is 23.3 Å². The first-order valence-electron chi connectivity index (χ1n) is 9.80. The SMILES string of the molecule is Cc1ccc2c(c1)N(C)C(=O)c1cc(NC(=O)NCCc3ccccc3)ccc1O2. The number of urea groups is 1. The lowest BCUT2D eigenvalue weighted by atomic mass is 10.1. The Hall–Kier alpha value is -3.80. The first kappa shape index (κ1) is 19.5. The molecule has 0 atom stereocenters. The van der Waals surface area contributed by atoms with Crippen LogP contribution in [0, 0.1) is 6.92 Å². The zero-order chi connectivity index (χ0) is 21.1. The van der Waals surface area contributed by atoms with E-state index in [1.807, 2.05) is 55.5 Å². The van der Waals surface area contributed by atoms with E-state index in [4.69, 9.17) is 4.74 Å². The number of benzene rings is 3. The van der Waals surface area contributed by atoms with E-state index in [0.717, 1.165) is 17.5 Å². The van der Waals surface area contributed by atoms with E-state index in [2.05, 4.69) is 10.6 Å². The van der Waals surface area contributed by atoms with Gasteiger partial charge in [-0.25, -0.2) is 4.79 Å². The molecule has 0 spiro atoms. The Labute approximate surface area is 175 Å². The van der Waals surface area contributed by atoms with Gasteiger partial charge in [-0.15, -0.1) is 0 Å². The number of carbonyl (C=O) groups excluding carboxylic acids is 2. The van der Waals surface area contributed by atoms with Crippen molar-refractivity contribution in [1.29, 1.82) is 0 Å². The number of amides is 3. The van der Waals surface area contributed by atoms with Crippen molar-refractivity contribution in [3.05, 3.63) is 83.4 Å². The van der Waals surface area contributed by atoms with Crippen LogP contribution in [-0.4, -0.2) is 25.5 Å². The van der Waals surface area contributed by atoms with Crippen LogP contribution >= 0.6 is 0 Å². The van der Waals surface area contributed by atoms with Crippen LogP contribution in [0.5, 0.6) is 11.5 Å². The van der Waals surface area contributed by atoms with Gasteiger partial charge in [0, 0.05) is 19.3 Å². The normalized spacial score (nSPS) is 12.3. The van der Waals surface area contributed by atoms with Crippen molar-refractivity contribution in [2.24, 2.45) is 0 Å². The average Bonchev–Trinajstić information content (AvgIpc) is 2.84. The molecule has 152 valence electrons. The lowest BCUT2D eigenvalue weighted by Crippen LogP contribution is -2.30. The molecule has 0 bridgehead atoms. The Kier molecular flexibility index (Phi) is 5.39. The third kappa shape index (κ3) is 4.12. The fraction of sp³-hybridized carbons (Fsp3) is 0.167. The van der Waals surface area contributed by atoms with Gasteiger partial charge in [0.05, 0.1) is 11.3 Å². The number of hydrogen-bond acceptors (Lipinski definition) is 3. The minimum Gasteiger partial charge on any atom is -0.454 e. The zero-order valence-corrected chi connectivity index (χ0v) is 16.9. The van der Waals surface area contributed by atoms with E-state index in [0.29, 0.717) is 35.0 Å². The van der Waals surface area contributed by atoms with Crippen LogP contribution in [0.1, 0.15) is 21.5 Å². The standard InChI is InChI=1S/C24H23N3O3/c1-16-8-10-22-20(14-16)27(2)23(28)19-15-18(9-11-21(19)30-22)26-24(29)25-13-12-17-6-4-3-5-7-17/h3-11,14-15H,12-13H2,1-2H3,(H2,25,26,29). The van der Waals surface area contributed by atoms with Crippen LogP contribution in [-0.2, 0) is 6.42 Å². The first-order chi connectivity index (χ1) is 14.5. The molecule has 6 heteroatoms. The maximum absolute atomic E-state index is 13.0. The van der Waals surface area contributed by atoms with Crippen molar-refractivity contribution in [2.75, 3.05) is 23.8 Å². The lowest BCUT2D eigenvalue weighted by molar-refractivity contribution is 0.0993. The van der Waals surface area contributed by atoms with E-state index in [9.17, 15) is 9.59 Å². The largest absolute Gasteiger partial charge is 0.454 e. The van der Waals surface area contributed by atoms with E-state index < -0.39 is 0 Å². The van der Waals surface area contributed by atoms with Gasteiger partial charge < -0.3 is 20.3 Å². The fourth-order valence-corrected chi connectivity index (χ4v) is 3.39. The number of hydrogen-bond donors (Lipinski definition) is 2. The van der Waals surface area contributed by atoms with Gasteiger partial charge in [0.1, 0.15) is 5.75 Å². The highest BCUT2D eigenvalue weighted by molar-refractivity contribution is 6.10. The van der Waals surface area contributed by atoms with Crippen molar-refractivity contribution in [3.8, 4) is 11.5 Å². The second-order valence-electron chi connectivity index (χ2n) is 7.26. The highest BCUT2D eigenvalue weighted by atomic mass is 16.5. The monoisotopic (exact) mass is 401 g/mol. The number of carbonyl (C=O) groups is 2. The Balaban J connectivity index is 1.46. The van der Waals surface area contributed by atoms with Gasteiger partial charge in [-0.2, -0.15) is 0 Å². The molecular weight excluding hydrogens is 378 g/mol. The predicted molar refractivity (Wildman–Crippen MR) is 118 cm³/mol. The van der Waals surface area contributed by atoms with Crippen molar-refractivity contribution < 1.29 is 14.3 Å². The lowest BCUT2D eigenvalue weighted by Gasteiger charge is -2.16. The zero-order valence-electron chi connectivity index (χ0n) is 16.9. The summed E-state index contributed by atoms with van der Waals surface area (Å²) in [6.07, 6.45) is 0.743. The number of rotatable bonds is 4. The molecule has 0 unspecified atom stereocenters. The molecule has 30 heavy (non-hydrogen) atoms. The van der Waals surface area contributed by atoms with Crippen LogP contribution in [0.15, 0.2) is 66.7 Å². The Bertz CT molecular complexity index is 1100. The number of anilines is 2. The van der Waals surface area contributed by atoms with Crippen molar-refractivity contribution in [2.45, 2.75) is 13.3 Å². The summed E-state index contributed by atoms with van der Waals surface area (Å²) in [5.41, 5.74) is 3.83. The molecule has 3 aromatic carbocycles. The third-order valence-corrected chi connectivity index (χ3v) is 5.01. The van der Waals surface area contributed by atoms with E-state index in [-0.39, 0.29) is 11.9 Å². The molecule has 3 amide bonds. The second-order valence-corrected chi connectivity index (χ2v) is 7.26. The number of nitrogens with one attached hydrogen (secondary N) is 2. The van der Waals surface area contributed by atoms with E-state index in [1.165, 1.54) is 0 Å². The van der Waals surface area contributed by atoms with Gasteiger partial charge in [-0.1, -0.05) is 36.4 Å². The number of fused-ring (bicyclic) bond motifs is 2. The van der Waals surface area contributed by atoms with E-state index in [1.54, 1.807) is 30.1 Å². The summed E-state index contributed by atoms with van der Waals surface area (Å²) in [6, 6.07) is 20.4. The predicted octanol–water partition coefficient (Wildman–Crippen LogP) is 4.74. The van der Waals surface area contributed by atoms with Crippen LogP contribution in [0.25, 0.3) is 0 Å². The number of aryl methyl sites for hydroxylation is 1. The summed E-state index contributed by atoms with van der Waals surface area (Å²) < 4.78 is 5.98. The van der Waals surface area contributed by atoms with E-state index >= 15 is 0 Å². The molecule has 3 aromatic rings. The van der Waals surface area contributed by atoms with Gasteiger partial charge in [0.15, 0.2) is 5.75 Å². The molecule has 2 N–H and O–H groups in total. The molecule has 0 radical (unpaired) electrons. The van der Waals surface area contributed by atoms with Crippen LogP contribution < -0.4 is 20.3 Å². The molecule has 0 aromatic heterocycles. The highest BCUT2D eigenvalue weighted by Crippen LogP contribution is 2.39. The molecule has 1 heterocycles. The summed E-state index contributed by atoms with van der Waals surface area (Å²) in [6.45, 7) is 2.48. The van der Waals surface area contributed by atoms with Gasteiger partial charge in [-0.3, -0.25) is 4.79 Å². The Morgan fingerprint density at radius 1 is 1.00 bits per heavy atom. The third-order valence-electron chi connectivity index (χ3n) is 5.01. The summed E-state index contributed by atoms with van der Waals surface area (Å²) in [5.74, 6) is 0.890. The minimum absolute atomic E-state index is 0.192. The molecular formula is C24H23N3O3.